The number of amides is 1. The first kappa shape index (κ1) is 18.6. The molecule has 1 atom stereocenters. The smallest absolute Gasteiger partial charge is 0.258 e. The molecule has 0 aliphatic rings. The number of benzene rings is 2. The van der Waals surface area contributed by atoms with Gasteiger partial charge in [0.05, 0.1) is 19.8 Å². The fourth-order valence-electron chi connectivity index (χ4n) is 2.31. The van der Waals surface area contributed by atoms with Crippen LogP contribution in [0.25, 0.3) is 0 Å². The monoisotopic (exact) mass is 347 g/mol. The third-order valence-corrected chi connectivity index (χ3v) is 3.56. The number of carbonyl (C=O) groups excluding carboxylic acids is 1. The molecule has 0 radical (unpaired) electrons. The topological polar surface area (TPSA) is 56.8 Å². The third-order valence-electron chi connectivity index (χ3n) is 3.56. The summed E-state index contributed by atoms with van der Waals surface area (Å²) in [6, 6.07) is 11.4. The normalized spacial score (nSPS) is 11.5. The number of hydrogen-bond donors (Lipinski definition) is 1. The minimum Gasteiger partial charge on any atom is -0.494 e. The quantitative estimate of drug-likeness (QED) is 0.794. The number of rotatable bonds is 8. The molecule has 0 saturated heterocycles. The first-order valence-electron chi connectivity index (χ1n) is 8.02. The Kier molecular flexibility index (Phi) is 6.62. The fourth-order valence-corrected chi connectivity index (χ4v) is 2.31. The van der Waals surface area contributed by atoms with Crippen LogP contribution in [-0.2, 0) is 4.79 Å². The lowest BCUT2D eigenvalue weighted by Gasteiger charge is -2.16. The number of halogens is 1. The number of nitrogens with one attached hydrogen (secondary N) is 1. The predicted octanol–water partition coefficient (Wildman–Crippen LogP) is 3.49. The van der Waals surface area contributed by atoms with Crippen molar-refractivity contribution in [2.45, 2.75) is 19.9 Å². The summed E-state index contributed by atoms with van der Waals surface area (Å²) >= 11 is 0. The molecule has 1 amide bonds. The summed E-state index contributed by atoms with van der Waals surface area (Å²) in [7, 11) is 1.40. The molecule has 2 aromatic rings. The summed E-state index contributed by atoms with van der Waals surface area (Å²) in [6.07, 6.45) is 0. The van der Waals surface area contributed by atoms with Crippen LogP contribution in [-0.4, -0.2) is 26.2 Å². The number of hydrogen-bond acceptors (Lipinski definition) is 4. The summed E-state index contributed by atoms with van der Waals surface area (Å²) < 4.78 is 29.6. The van der Waals surface area contributed by atoms with Crippen molar-refractivity contribution in [3.05, 3.63) is 53.8 Å². The summed E-state index contributed by atoms with van der Waals surface area (Å²) in [4.78, 5) is 12.1. The highest BCUT2D eigenvalue weighted by atomic mass is 19.1. The van der Waals surface area contributed by atoms with Crippen molar-refractivity contribution in [1.82, 2.24) is 5.32 Å². The number of ether oxygens (including phenoxy) is 3. The van der Waals surface area contributed by atoms with Gasteiger partial charge in [0, 0.05) is 0 Å². The SMILES string of the molecule is CCOc1ccccc1OCC(=O)NC(C)c1ccc(OC)c(F)c1. The van der Waals surface area contributed by atoms with Gasteiger partial charge < -0.3 is 19.5 Å². The molecule has 0 aliphatic carbocycles. The Morgan fingerprint density at radius 3 is 2.40 bits per heavy atom. The maximum absolute atomic E-state index is 13.8. The molecule has 25 heavy (non-hydrogen) atoms. The first-order valence-corrected chi connectivity index (χ1v) is 8.02. The minimum atomic E-state index is -0.469. The van der Waals surface area contributed by atoms with E-state index >= 15 is 0 Å². The second-order valence-electron chi connectivity index (χ2n) is 5.35. The zero-order valence-electron chi connectivity index (χ0n) is 14.5. The van der Waals surface area contributed by atoms with Gasteiger partial charge in [0.15, 0.2) is 29.7 Å². The van der Waals surface area contributed by atoms with Crippen LogP contribution in [0.1, 0.15) is 25.5 Å². The molecule has 0 aliphatic heterocycles. The molecule has 0 heterocycles. The van der Waals surface area contributed by atoms with E-state index in [1.165, 1.54) is 19.2 Å². The molecule has 0 fully saturated rings. The molecule has 2 aromatic carbocycles. The van der Waals surface area contributed by atoms with Crippen molar-refractivity contribution in [3.63, 3.8) is 0 Å². The highest BCUT2D eigenvalue weighted by Crippen LogP contribution is 2.26. The largest absolute Gasteiger partial charge is 0.494 e. The van der Waals surface area contributed by atoms with Crippen molar-refractivity contribution in [2.24, 2.45) is 0 Å². The molecule has 0 spiro atoms. The maximum Gasteiger partial charge on any atom is 0.258 e. The van der Waals surface area contributed by atoms with Gasteiger partial charge in [0.25, 0.3) is 5.91 Å². The lowest BCUT2D eigenvalue weighted by atomic mass is 10.1. The first-order chi connectivity index (χ1) is 12.0. The van der Waals surface area contributed by atoms with E-state index in [9.17, 15) is 9.18 Å². The minimum absolute atomic E-state index is 0.160. The van der Waals surface area contributed by atoms with Crippen LogP contribution in [0.5, 0.6) is 17.2 Å². The number of para-hydroxylation sites is 2. The van der Waals surface area contributed by atoms with E-state index in [0.717, 1.165) is 0 Å². The standard InChI is InChI=1S/C19H22FNO4/c1-4-24-17-7-5-6-8-18(17)25-12-19(22)21-13(2)14-9-10-16(23-3)15(20)11-14/h5-11,13H,4,12H2,1-3H3,(H,21,22). The molecule has 0 bridgehead atoms. The summed E-state index contributed by atoms with van der Waals surface area (Å²) in [5, 5.41) is 2.77. The van der Waals surface area contributed by atoms with Crippen LogP contribution in [0, 0.1) is 5.82 Å². The van der Waals surface area contributed by atoms with Gasteiger partial charge in [0.2, 0.25) is 0 Å². The van der Waals surface area contributed by atoms with Gasteiger partial charge in [-0.25, -0.2) is 4.39 Å². The van der Waals surface area contributed by atoms with Crippen molar-refractivity contribution in [1.29, 1.82) is 0 Å². The zero-order chi connectivity index (χ0) is 18.2. The van der Waals surface area contributed by atoms with Gasteiger partial charge in [-0.3, -0.25) is 4.79 Å². The maximum atomic E-state index is 13.8. The average Bonchev–Trinajstić information content (AvgIpc) is 2.61. The van der Waals surface area contributed by atoms with E-state index in [0.29, 0.717) is 23.7 Å². The van der Waals surface area contributed by atoms with E-state index in [2.05, 4.69) is 5.32 Å². The second-order valence-corrected chi connectivity index (χ2v) is 5.35. The third kappa shape index (κ3) is 5.11. The van der Waals surface area contributed by atoms with Crippen LogP contribution >= 0.6 is 0 Å². The van der Waals surface area contributed by atoms with E-state index in [4.69, 9.17) is 14.2 Å². The fraction of sp³-hybridized carbons (Fsp3) is 0.316. The highest BCUT2D eigenvalue weighted by Gasteiger charge is 2.13. The Morgan fingerprint density at radius 2 is 1.80 bits per heavy atom. The Bertz CT molecular complexity index is 720. The average molecular weight is 347 g/mol. The van der Waals surface area contributed by atoms with Crippen LogP contribution in [0.3, 0.4) is 0 Å². The highest BCUT2D eigenvalue weighted by molar-refractivity contribution is 5.78. The Balaban J connectivity index is 1.93. The molecule has 0 aromatic heterocycles. The number of methoxy groups -OCH3 is 1. The van der Waals surface area contributed by atoms with Crippen molar-refractivity contribution in [3.8, 4) is 17.2 Å². The van der Waals surface area contributed by atoms with E-state index in [1.54, 1.807) is 31.2 Å². The zero-order valence-corrected chi connectivity index (χ0v) is 14.5. The molecule has 5 nitrogen and oxygen atoms in total. The Labute approximate surface area is 146 Å². The van der Waals surface area contributed by atoms with Crippen LogP contribution in [0.4, 0.5) is 4.39 Å². The van der Waals surface area contributed by atoms with Gasteiger partial charge in [-0.15, -0.1) is 0 Å². The van der Waals surface area contributed by atoms with Gasteiger partial charge in [-0.2, -0.15) is 0 Å². The number of carbonyl (C=O) groups is 1. The molecule has 1 unspecified atom stereocenters. The second kappa shape index (κ2) is 8.92. The molecule has 0 saturated carbocycles. The van der Waals surface area contributed by atoms with Gasteiger partial charge in [-0.05, 0) is 43.7 Å². The molecule has 2 rings (SSSR count). The summed E-state index contributed by atoms with van der Waals surface area (Å²) in [5.41, 5.74) is 0.640. The van der Waals surface area contributed by atoms with Crippen LogP contribution in [0.15, 0.2) is 42.5 Å². The van der Waals surface area contributed by atoms with Gasteiger partial charge >= 0.3 is 0 Å². The predicted molar refractivity (Wildman–Crippen MR) is 92.6 cm³/mol. The lowest BCUT2D eigenvalue weighted by molar-refractivity contribution is -0.123. The summed E-state index contributed by atoms with van der Waals surface area (Å²) in [5.74, 6) is 0.474. The molecule has 1 N–H and O–H groups in total. The van der Waals surface area contributed by atoms with E-state index in [-0.39, 0.29) is 24.3 Å². The van der Waals surface area contributed by atoms with E-state index < -0.39 is 5.82 Å². The summed E-state index contributed by atoms with van der Waals surface area (Å²) in [6.45, 7) is 3.99. The van der Waals surface area contributed by atoms with E-state index in [1.807, 2.05) is 13.0 Å². The lowest BCUT2D eigenvalue weighted by Crippen LogP contribution is -2.31. The molecule has 6 heteroatoms. The van der Waals surface area contributed by atoms with Crippen molar-refractivity contribution in [2.75, 3.05) is 20.3 Å². The van der Waals surface area contributed by atoms with Crippen LogP contribution < -0.4 is 19.5 Å². The van der Waals surface area contributed by atoms with Gasteiger partial charge in [0.1, 0.15) is 0 Å². The van der Waals surface area contributed by atoms with Crippen LogP contribution in [0.2, 0.25) is 0 Å². The molecular weight excluding hydrogens is 325 g/mol. The Hall–Kier alpha value is -2.76. The molecular formula is C19H22FNO4. The molecule has 134 valence electrons. The Morgan fingerprint density at radius 1 is 1.12 bits per heavy atom. The van der Waals surface area contributed by atoms with Crippen molar-refractivity contribution >= 4 is 5.91 Å². The van der Waals surface area contributed by atoms with Crippen molar-refractivity contribution < 1.29 is 23.4 Å². The van der Waals surface area contributed by atoms with Gasteiger partial charge in [-0.1, -0.05) is 18.2 Å².